The topological polar surface area (TPSA) is 66.6 Å². The van der Waals surface area contributed by atoms with Crippen LogP contribution in [0.1, 0.15) is 17.0 Å². The summed E-state index contributed by atoms with van der Waals surface area (Å²) in [6.07, 6.45) is 1.81. The second-order valence-corrected chi connectivity index (χ2v) is 6.62. The maximum atomic E-state index is 13.3. The van der Waals surface area contributed by atoms with Crippen molar-refractivity contribution in [2.75, 3.05) is 11.6 Å². The lowest BCUT2D eigenvalue weighted by Gasteiger charge is -2.25. The lowest BCUT2D eigenvalue weighted by Crippen LogP contribution is -2.21. The molecule has 2 heterocycles. The highest BCUT2D eigenvalue weighted by atomic mass is 35.5. The van der Waals surface area contributed by atoms with Gasteiger partial charge in [0.15, 0.2) is 0 Å². The lowest BCUT2D eigenvalue weighted by molar-refractivity contribution is 0.306. The van der Waals surface area contributed by atoms with Crippen LogP contribution >= 0.6 is 11.6 Å². The summed E-state index contributed by atoms with van der Waals surface area (Å²) in [6, 6.07) is 13.9. The van der Waals surface area contributed by atoms with Crippen LogP contribution in [0.15, 0.2) is 53.5 Å². The van der Waals surface area contributed by atoms with Gasteiger partial charge < -0.3 is 20.4 Å². The Kier molecular flexibility index (Phi) is 4.83. The molecule has 0 aliphatic carbocycles. The molecule has 7 heteroatoms. The molecule has 5 nitrogen and oxygen atoms in total. The minimum Gasteiger partial charge on any atom is -0.487 e. The van der Waals surface area contributed by atoms with Gasteiger partial charge >= 0.3 is 0 Å². The highest BCUT2D eigenvalue weighted by Gasteiger charge is 2.19. The molecule has 1 aliphatic rings. The first-order chi connectivity index (χ1) is 13.1. The molecule has 4 rings (SSSR count). The quantitative estimate of drug-likeness (QED) is 0.686. The van der Waals surface area contributed by atoms with E-state index in [0.717, 1.165) is 28.3 Å². The number of aromatic nitrogens is 1. The molecule has 0 spiro atoms. The fraction of sp³-hybridized carbons (Fsp3) is 0.150. The summed E-state index contributed by atoms with van der Waals surface area (Å²) >= 11 is 6.41. The normalized spacial score (nSPS) is 12.9. The summed E-state index contributed by atoms with van der Waals surface area (Å²) in [5.74, 6) is 0.254. The van der Waals surface area contributed by atoms with Crippen LogP contribution in [0.25, 0.3) is 0 Å². The van der Waals surface area contributed by atoms with Crippen molar-refractivity contribution in [2.45, 2.75) is 13.2 Å². The number of H-pyrrole nitrogens is 1. The van der Waals surface area contributed by atoms with Gasteiger partial charge in [0, 0.05) is 24.1 Å². The number of hydrogen-bond donors (Lipinski definition) is 2. The van der Waals surface area contributed by atoms with Gasteiger partial charge in [0.05, 0.1) is 16.4 Å². The Labute approximate surface area is 161 Å². The largest absolute Gasteiger partial charge is 0.487 e. The van der Waals surface area contributed by atoms with E-state index in [4.69, 9.17) is 22.1 Å². The van der Waals surface area contributed by atoms with E-state index in [0.29, 0.717) is 24.0 Å². The number of fused-ring (bicyclic) bond motifs is 1. The predicted molar refractivity (Wildman–Crippen MR) is 105 cm³/mol. The standard InChI is InChI=1S/C20H18ClFN4O/c21-17-8-16(26-12-24-10-18-19(26)7-15(9-23)25-18)4-5-20(17)27-11-13-2-1-3-14(22)6-13/h1-8,10,25H,9,11-12,23H2. The number of anilines is 2. The number of ether oxygens (including phenoxy) is 1. The molecule has 3 aromatic rings. The first kappa shape index (κ1) is 17.6. The number of nitrogens with zero attached hydrogens (tertiary/aromatic N) is 2. The van der Waals surface area contributed by atoms with Crippen LogP contribution in [0.4, 0.5) is 15.8 Å². The predicted octanol–water partition coefficient (Wildman–Crippen LogP) is 4.37. The Morgan fingerprint density at radius 1 is 1.22 bits per heavy atom. The molecule has 0 radical (unpaired) electrons. The number of benzene rings is 2. The Bertz CT molecular complexity index is 1000. The average Bonchev–Trinajstić information content (AvgIpc) is 3.10. The molecule has 0 fully saturated rings. The van der Waals surface area contributed by atoms with Crippen molar-refractivity contribution in [3.8, 4) is 5.75 Å². The third-order valence-electron chi connectivity index (χ3n) is 4.35. The number of aromatic amines is 1. The fourth-order valence-electron chi connectivity index (χ4n) is 3.02. The number of nitrogens with one attached hydrogen (secondary N) is 1. The maximum Gasteiger partial charge on any atom is 0.138 e. The summed E-state index contributed by atoms with van der Waals surface area (Å²) in [4.78, 5) is 9.68. The molecule has 0 saturated carbocycles. The van der Waals surface area contributed by atoms with Crippen LogP contribution in [0.2, 0.25) is 5.02 Å². The monoisotopic (exact) mass is 384 g/mol. The van der Waals surface area contributed by atoms with E-state index < -0.39 is 0 Å². The highest BCUT2D eigenvalue weighted by Crippen LogP contribution is 2.35. The third-order valence-corrected chi connectivity index (χ3v) is 4.64. The van der Waals surface area contributed by atoms with Crippen molar-refractivity contribution >= 4 is 29.2 Å². The minimum absolute atomic E-state index is 0.243. The van der Waals surface area contributed by atoms with Crippen LogP contribution in [0.3, 0.4) is 0 Å². The second kappa shape index (κ2) is 7.42. The zero-order valence-corrected chi connectivity index (χ0v) is 15.2. The van der Waals surface area contributed by atoms with Gasteiger partial charge in [-0.15, -0.1) is 0 Å². The van der Waals surface area contributed by atoms with Crippen molar-refractivity contribution in [1.29, 1.82) is 0 Å². The smallest absolute Gasteiger partial charge is 0.138 e. The average molecular weight is 385 g/mol. The number of halogens is 2. The van der Waals surface area contributed by atoms with E-state index in [1.165, 1.54) is 12.1 Å². The van der Waals surface area contributed by atoms with E-state index >= 15 is 0 Å². The molecule has 1 aromatic heterocycles. The number of hydrogen-bond acceptors (Lipinski definition) is 4. The van der Waals surface area contributed by atoms with E-state index in [9.17, 15) is 4.39 Å². The minimum atomic E-state index is -0.289. The molecule has 27 heavy (non-hydrogen) atoms. The summed E-state index contributed by atoms with van der Waals surface area (Å²) in [5.41, 5.74) is 10.2. The Hall–Kier alpha value is -2.83. The molecule has 1 aliphatic heterocycles. The van der Waals surface area contributed by atoms with Gasteiger partial charge in [0.1, 0.15) is 24.8 Å². The third kappa shape index (κ3) is 3.67. The lowest BCUT2D eigenvalue weighted by atomic mass is 10.2. The van der Waals surface area contributed by atoms with Gasteiger partial charge in [-0.25, -0.2) is 4.39 Å². The summed E-state index contributed by atoms with van der Waals surface area (Å²) < 4.78 is 19.0. The van der Waals surface area contributed by atoms with Crippen LogP contribution in [0.5, 0.6) is 5.75 Å². The molecular weight excluding hydrogens is 367 g/mol. The number of nitrogens with two attached hydrogens (primary N) is 1. The van der Waals surface area contributed by atoms with Crippen molar-refractivity contribution in [1.82, 2.24) is 4.98 Å². The zero-order valence-electron chi connectivity index (χ0n) is 14.5. The van der Waals surface area contributed by atoms with E-state index in [2.05, 4.69) is 9.98 Å². The first-order valence-electron chi connectivity index (χ1n) is 8.50. The van der Waals surface area contributed by atoms with Crippen molar-refractivity contribution in [2.24, 2.45) is 10.7 Å². The molecule has 2 aromatic carbocycles. The Morgan fingerprint density at radius 3 is 2.89 bits per heavy atom. The van der Waals surface area contributed by atoms with Crippen LogP contribution in [0, 0.1) is 5.82 Å². The van der Waals surface area contributed by atoms with Gasteiger partial charge in [-0.05, 0) is 42.0 Å². The zero-order chi connectivity index (χ0) is 18.8. The maximum absolute atomic E-state index is 13.3. The first-order valence-corrected chi connectivity index (χ1v) is 8.88. The van der Waals surface area contributed by atoms with Gasteiger partial charge in [-0.2, -0.15) is 0 Å². The van der Waals surface area contributed by atoms with Crippen molar-refractivity contribution in [3.63, 3.8) is 0 Å². The van der Waals surface area contributed by atoms with Gasteiger partial charge in [0.25, 0.3) is 0 Å². The summed E-state index contributed by atoms with van der Waals surface area (Å²) in [6.45, 7) is 1.17. The fourth-order valence-corrected chi connectivity index (χ4v) is 3.25. The van der Waals surface area contributed by atoms with Crippen LogP contribution in [-0.4, -0.2) is 17.9 Å². The molecule has 0 bridgehead atoms. The number of aliphatic imine (C=N–C) groups is 1. The molecule has 0 saturated heterocycles. The highest BCUT2D eigenvalue weighted by molar-refractivity contribution is 6.32. The molecule has 3 N–H and O–H groups in total. The second-order valence-electron chi connectivity index (χ2n) is 6.21. The van der Waals surface area contributed by atoms with Gasteiger partial charge in [-0.1, -0.05) is 23.7 Å². The van der Waals surface area contributed by atoms with E-state index in [-0.39, 0.29) is 12.4 Å². The Balaban J connectivity index is 1.54. The van der Waals surface area contributed by atoms with E-state index in [1.807, 2.05) is 35.4 Å². The van der Waals surface area contributed by atoms with Gasteiger partial charge in [0.2, 0.25) is 0 Å². The van der Waals surface area contributed by atoms with Crippen LogP contribution < -0.4 is 15.4 Å². The SMILES string of the molecule is NCc1cc2c([nH]1)C=NCN2c1ccc(OCc2cccc(F)c2)c(Cl)c1. The van der Waals surface area contributed by atoms with Crippen molar-refractivity contribution < 1.29 is 9.13 Å². The Morgan fingerprint density at radius 2 is 2.11 bits per heavy atom. The summed E-state index contributed by atoms with van der Waals surface area (Å²) in [7, 11) is 0. The molecule has 0 atom stereocenters. The molecule has 0 unspecified atom stereocenters. The molecular formula is C20H18ClFN4O. The van der Waals surface area contributed by atoms with Gasteiger partial charge in [-0.3, -0.25) is 4.99 Å². The summed E-state index contributed by atoms with van der Waals surface area (Å²) in [5, 5.41) is 0.481. The molecule has 138 valence electrons. The number of rotatable bonds is 5. The van der Waals surface area contributed by atoms with Crippen LogP contribution in [-0.2, 0) is 13.2 Å². The van der Waals surface area contributed by atoms with E-state index in [1.54, 1.807) is 12.1 Å². The molecule has 0 amide bonds. The van der Waals surface area contributed by atoms with Crippen molar-refractivity contribution in [3.05, 3.63) is 76.3 Å².